The first-order valence-corrected chi connectivity index (χ1v) is 6.85. The molecule has 0 aliphatic rings. The number of hydrogen-bond acceptors (Lipinski definition) is 2. The van der Waals surface area contributed by atoms with Crippen LogP contribution in [0.1, 0.15) is 17.5 Å². The van der Waals surface area contributed by atoms with Crippen molar-refractivity contribution in [1.82, 2.24) is 0 Å². The van der Waals surface area contributed by atoms with Gasteiger partial charge in [0.15, 0.2) is 0 Å². The molecule has 0 saturated carbocycles. The van der Waals surface area contributed by atoms with Crippen molar-refractivity contribution in [1.29, 1.82) is 0 Å². The quantitative estimate of drug-likeness (QED) is 0.624. The molecule has 2 nitrogen and oxygen atoms in total. The van der Waals surface area contributed by atoms with Crippen molar-refractivity contribution in [2.45, 2.75) is 12.8 Å². The normalized spacial score (nSPS) is 10.1. The Balaban J connectivity index is 1.85. The highest BCUT2D eigenvalue weighted by Gasteiger charge is 2.02. The summed E-state index contributed by atoms with van der Waals surface area (Å²) in [6.07, 6.45) is 2.15. The Morgan fingerprint density at radius 2 is 1.68 bits per heavy atom. The minimum atomic E-state index is 0.436. The molecule has 19 heavy (non-hydrogen) atoms. The van der Waals surface area contributed by atoms with Gasteiger partial charge in [0.1, 0.15) is 4.99 Å². The van der Waals surface area contributed by atoms with Crippen LogP contribution < -0.4 is 11.1 Å². The first-order valence-electron chi connectivity index (χ1n) is 6.44. The van der Waals surface area contributed by atoms with Gasteiger partial charge in [-0.15, -0.1) is 0 Å². The van der Waals surface area contributed by atoms with E-state index in [-0.39, 0.29) is 0 Å². The lowest BCUT2D eigenvalue weighted by Crippen LogP contribution is -2.13. The fraction of sp³-hybridized carbons (Fsp3) is 0.188. The Labute approximate surface area is 119 Å². The van der Waals surface area contributed by atoms with E-state index in [1.165, 1.54) is 5.56 Å². The van der Waals surface area contributed by atoms with Crippen molar-refractivity contribution in [3.63, 3.8) is 0 Å². The fourth-order valence-corrected chi connectivity index (χ4v) is 2.19. The predicted octanol–water partition coefficient (Wildman–Crippen LogP) is 3.37. The van der Waals surface area contributed by atoms with Crippen LogP contribution in [0, 0.1) is 0 Å². The van der Waals surface area contributed by atoms with E-state index in [0.29, 0.717) is 4.99 Å². The summed E-state index contributed by atoms with van der Waals surface area (Å²) in [7, 11) is 0. The fourth-order valence-electron chi connectivity index (χ4n) is 2.01. The van der Waals surface area contributed by atoms with E-state index < -0.39 is 0 Å². The summed E-state index contributed by atoms with van der Waals surface area (Å²) in [5.74, 6) is 0. The van der Waals surface area contributed by atoms with Crippen LogP contribution in [0.15, 0.2) is 54.6 Å². The highest BCUT2D eigenvalue weighted by Crippen LogP contribution is 2.14. The number of hydrogen-bond donors (Lipinski definition) is 2. The Morgan fingerprint density at radius 3 is 2.42 bits per heavy atom. The van der Waals surface area contributed by atoms with Crippen LogP contribution in [0.3, 0.4) is 0 Å². The van der Waals surface area contributed by atoms with Gasteiger partial charge in [-0.3, -0.25) is 0 Å². The Morgan fingerprint density at radius 1 is 1.00 bits per heavy atom. The highest BCUT2D eigenvalue weighted by atomic mass is 32.1. The minimum Gasteiger partial charge on any atom is -0.389 e. The molecule has 3 heteroatoms. The first-order chi connectivity index (χ1) is 9.27. The smallest absolute Gasteiger partial charge is 0.106 e. The second-order valence-corrected chi connectivity index (χ2v) is 4.87. The molecule has 0 aromatic heterocycles. The van der Waals surface area contributed by atoms with E-state index in [2.05, 4.69) is 29.6 Å². The van der Waals surface area contributed by atoms with Gasteiger partial charge in [-0.2, -0.15) is 0 Å². The van der Waals surface area contributed by atoms with Gasteiger partial charge in [0.25, 0.3) is 0 Å². The van der Waals surface area contributed by atoms with Crippen LogP contribution in [-0.4, -0.2) is 11.5 Å². The monoisotopic (exact) mass is 270 g/mol. The van der Waals surface area contributed by atoms with E-state index in [4.69, 9.17) is 18.0 Å². The zero-order valence-corrected chi connectivity index (χ0v) is 11.6. The number of thiocarbonyl (C=S) groups is 1. The summed E-state index contributed by atoms with van der Waals surface area (Å²) in [5, 5.41) is 3.40. The number of para-hydroxylation sites is 1. The van der Waals surface area contributed by atoms with E-state index in [1.54, 1.807) is 0 Å². The molecule has 2 aromatic rings. The van der Waals surface area contributed by atoms with Crippen molar-refractivity contribution < 1.29 is 0 Å². The maximum atomic E-state index is 5.70. The third kappa shape index (κ3) is 4.07. The summed E-state index contributed by atoms with van der Waals surface area (Å²) >= 11 is 5.04. The van der Waals surface area contributed by atoms with Crippen LogP contribution in [0.4, 0.5) is 5.69 Å². The van der Waals surface area contributed by atoms with E-state index >= 15 is 0 Å². The summed E-state index contributed by atoms with van der Waals surface area (Å²) in [6, 6.07) is 18.4. The lowest BCUT2D eigenvalue weighted by molar-refractivity contribution is 0.863. The molecule has 3 N–H and O–H groups in total. The molecule has 0 bridgehead atoms. The van der Waals surface area contributed by atoms with Crippen molar-refractivity contribution >= 4 is 22.9 Å². The van der Waals surface area contributed by atoms with Gasteiger partial charge < -0.3 is 11.1 Å². The number of benzene rings is 2. The molecule has 0 fully saturated rings. The molecule has 0 unspecified atom stereocenters. The van der Waals surface area contributed by atoms with Crippen LogP contribution in [0.5, 0.6) is 0 Å². The van der Waals surface area contributed by atoms with Crippen molar-refractivity contribution in [3.05, 3.63) is 65.7 Å². The Kier molecular flexibility index (Phi) is 4.93. The second-order valence-electron chi connectivity index (χ2n) is 4.43. The Bertz CT molecular complexity index is 537. The van der Waals surface area contributed by atoms with Crippen LogP contribution in [0.2, 0.25) is 0 Å². The van der Waals surface area contributed by atoms with Crippen LogP contribution >= 0.6 is 12.2 Å². The molecule has 0 heterocycles. The summed E-state index contributed by atoms with van der Waals surface area (Å²) in [5.41, 5.74) is 9.00. The molecule has 0 spiro atoms. The molecular formula is C16H18N2S. The average molecular weight is 270 g/mol. The average Bonchev–Trinajstić information content (AvgIpc) is 2.45. The van der Waals surface area contributed by atoms with E-state index in [0.717, 1.165) is 30.6 Å². The molecule has 98 valence electrons. The number of anilines is 1. The van der Waals surface area contributed by atoms with Crippen LogP contribution in [-0.2, 0) is 6.42 Å². The van der Waals surface area contributed by atoms with Gasteiger partial charge in [-0.05, 0) is 30.5 Å². The van der Waals surface area contributed by atoms with Gasteiger partial charge in [0.2, 0.25) is 0 Å². The second kappa shape index (κ2) is 6.90. The van der Waals surface area contributed by atoms with Crippen molar-refractivity contribution in [2.75, 3.05) is 11.9 Å². The van der Waals surface area contributed by atoms with Gasteiger partial charge in [0.05, 0.1) is 0 Å². The van der Waals surface area contributed by atoms with Crippen molar-refractivity contribution in [2.24, 2.45) is 5.73 Å². The van der Waals surface area contributed by atoms with Crippen molar-refractivity contribution in [3.8, 4) is 0 Å². The van der Waals surface area contributed by atoms with Gasteiger partial charge in [-0.1, -0.05) is 54.7 Å². The molecule has 0 atom stereocenters. The highest BCUT2D eigenvalue weighted by molar-refractivity contribution is 7.80. The molecule has 0 radical (unpaired) electrons. The van der Waals surface area contributed by atoms with Gasteiger partial charge >= 0.3 is 0 Å². The standard InChI is InChI=1S/C16H18N2S/c17-16(19)14-10-4-5-11-15(14)18-12-6-9-13-7-2-1-3-8-13/h1-5,7-8,10-11,18H,6,9,12H2,(H2,17,19). The maximum Gasteiger partial charge on any atom is 0.106 e. The molecule has 0 amide bonds. The summed E-state index contributed by atoms with van der Waals surface area (Å²) in [4.78, 5) is 0.436. The topological polar surface area (TPSA) is 38.0 Å². The molecular weight excluding hydrogens is 252 g/mol. The molecule has 0 aliphatic carbocycles. The maximum absolute atomic E-state index is 5.70. The Hall–Kier alpha value is -1.87. The number of nitrogens with one attached hydrogen (secondary N) is 1. The van der Waals surface area contributed by atoms with Crippen LogP contribution in [0.25, 0.3) is 0 Å². The predicted molar refractivity (Wildman–Crippen MR) is 85.6 cm³/mol. The van der Waals surface area contributed by atoms with Gasteiger partial charge in [-0.25, -0.2) is 0 Å². The zero-order valence-electron chi connectivity index (χ0n) is 10.8. The molecule has 2 rings (SSSR count). The van der Waals surface area contributed by atoms with E-state index in [9.17, 15) is 0 Å². The summed E-state index contributed by atoms with van der Waals surface area (Å²) in [6.45, 7) is 0.911. The first kappa shape index (κ1) is 13.6. The zero-order chi connectivity index (χ0) is 13.5. The lowest BCUT2D eigenvalue weighted by atomic mass is 10.1. The largest absolute Gasteiger partial charge is 0.389 e. The number of aryl methyl sites for hydroxylation is 1. The minimum absolute atomic E-state index is 0.436. The third-order valence-electron chi connectivity index (χ3n) is 2.99. The molecule has 2 aromatic carbocycles. The SMILES string of the molecule is NC(=S)c1ccccc1NCCCc1ccccc1. The molecule has 0 saturated heterocycles. The summed E-state index contributed by atoms with van der Waals surface area (Å²) < 4.78 is 0. The number of nitrogens with two attached hydrogens (primary N) is 1. The number of rotatable bonds is 6. The van der Waals surface area contributed by atoms with Gasteiger partial charge in [0, 0.05) is 17.8 Å². The third-order valence-corrected chi connectivity index (χ3v) is 3.21. The van der Waals surface area contributed by atoms with E-state index in [1.807, 2.05) is 30.3 Å². The molecule has 0 aliphatic heterocycles. The lowest BCUT2D eigenvalue weighted by Gasteiger charge is -2.10.